The smallest absolute Gasteiger partial charge is 0.268 e. The predicted octanol–water partition coefficient (Wildman–Crippen LogP) is 3.08. The number of aryl methyl sites for hydroxylation is 2. The zero-order chi connectivity index (χ0) is 17.4. The van der Waals surface area contributed by atoms with Crippen LogP contribution >= 0.6 is 0 Å². The van der Waals surface area contributed by atoms with Gasteiger partial charge in [0.2, 0.25) is 0 Å². The van der Waals surface area contributed by atoms with Crippen molar-refractivity contribution in [2.75, 3.05) is 0 Å². The molecule has 128 valence electrons. The maximum atomic E-state index is 13.1. The standard InChI is InChI=1S/C21H22N2O2/c1-14-12-13-23(18-11-5-7-15-6-4-10-17(15)18)21(25)19(14)20(24)22-16-8-2-3-9-16/h2,5,7-8,11-13,16H,3-4,6,9-10H2,1H3,(H,22,24). The minimum atomic E-state index is -0.277. The first-order chi connectivity index (χ1) is 12.1. The van der Waals surface area contributed by atoms with E-state index < -0.39 is 0 Å². The zero-order valence-electron chi connectivity index (χ0n) is 14.4. The molecule has 1 N–H and O–H groups in total. The van der Waals surface area contributed by atoms with Gasteiger partial charge in [-0.2, -0.15) is 0 Å². The Balaban J connectivity index is 1.76. The number of nitrogens with zero attached hydrogens (tertiary/aromatic N) is 1. The van der Waals surface area contributed by atoms with Crippen LogP contribution in [-0.2, 0) is 12.8 Å². The Morgan fingerprint density at radius 3 is 2.92 bits per heavy atom. The number of hydrogen-bond donors (Lipinski definition) is 1. The zero-order valence-corrected chi connectivity index (χ0v) is 14.4. The van der Waals surface area contributed by atoms with Crippen molar-refractivity contribution in [3.05, 3.63) is 75.2 Å². The molecule has 1 atom stereocenters. The summed E-state index contributed by atoms with van der Waals surface area (Å²) in [6.07, 6.45) is 10.9. The molecule has 0 saturated heterocycles. The van der Waals surface area contributed by atoms with E-state index >= 15 is 0 Å². The van der Waals surface area contributed by atoms with E-state index in [9.17, 15) is 9.59 Å². The molecule has 25 heavy (non-hydrogen) atoms. The molecule has 0 fully saturated rings. The minimum Gasteiger partial charge on any atom is -0.346 e. The number of nitrogens with one attached hydrogen (secondary N) is 1. The van der Waals surface area contributed by atoms with Gasteiger partial charge in [0.1, 0.15) is 5.56 Å². The fourth-order valence-corrected chi connectivity index (χ4v) is 3.91. The van der Waals surface area contributed by atoms with Crippen molar-refractivity contribution in [2.45, 2.75) is 45.1 Å². The van der Waals surface area contributed by atoms with Crippen molar-refractivity contribution in [1.82, 2.24) is 9.88 Å². The van der Waals surface area contributed by atoms with Crippen LogP contribution in [0.1, 0.15) is 46.3 Å². The van der Waals surface area contributed by atoms with Crippen LogP contribution in [0.15, 0.2) is 47.4 Å². The molecule has 4 heteroatoms. The van der Waals surface area contributed by atoms with Crippen molar-refractivity contribution < 1.29 is 4.79 Å². The third-order valence-corrected chi connectivity index (χ3v) is 5.24. The van der Waals surface area contributed by atoms with Gasteiger partial charge >= 0.3 is 0 Å². The van der Waals surface area contributed by atoms with E-state index in [4.69, 9.17) is 0 Å². The molecule has 4 rings (SSSR count). The van der Waals surface area contributed by atoms with Crippen LogP contribution in [0.25, 0.3) is 5.69 Å². The second-order valence-corrected chi connectivity index (χ2v) is 6.90. The third kappa shape index (κ3) is 2.82. The number of pyridine rings is 1. The summed E-state index contributed by atoms with van der Waals surface area (Å²) in [4.78, 5) is 25.8. The Labute approximate surface area is 147 Å². The molecule has 0 aliphatic heterocycles. The summed E-state index contributed by atoms with van der Waals surface area (Å²) in [5, 5.41) is 2.97. The van der Waals surface area contributed by atoms with Crippen molar-refractivity contribution >= 4 is 5.91 Å². The molecule has 1 aromatic heterocycles. The number of amides is 1. The number of allylic oxidation sites excluding steroid dienone is 1. The molecule has 0 saturated carbocycles. The number of rotatable bonds is 3. The lowest BCUT2D eigenvalue weighted by Gasteiger charge is -2.15. The molecule has 1 heterocycles. The van der Waals surface area contributed by atoms with Crippen molar-refractivity contribution in [3.63, 3.8) is 0 Å². The summed E-state index contributed by atoms with van der Waals surface area (Å²) >= 11 is 0. The highest BCUT2D eigenvalue weighted by Crippen LogP contribution is 2.27. The van der Waals surface area contributed by atoms with E-state index in [1.54, 1.807) is 10.8 Å². The molecule has 4 nitrogen and oxygen atoms in total. The number of fused-ring (bicyclic) bond motifs is 1. The average Bonchev–Trinajstić information content (AvgIpc) is 3.26. The highest BCUT2D eigenvalue weighted by Gasteiger charge is 2.22. The Morgan fingerprint density at radius 1 is 1.24 bits per heavy atom. The molecule has 2 aliphatic carbocycles. The van der Waals surface area contributed by atoms with Gasteiger partial charge in [0.15, 0.2) is 0 Å². The van der Waals surface area contributed by atoms with E-state index in [1.807, 2.05) is 31.2 Å². The van der Waals surface area contributed by atoms with Gasteiger partial charge in [-0.05, 0) is 67.9 Å². The van der Waals surface area contributed by atoms with E-state index in [0.717, 1.165) is 37.8 Å². The Hall–Kier alpha value is -2.62. The maximum absolute atomic E-state index is 13.1. The van der Waals surface area contributed by atoms with Crippen LogP contribution in [0.2, 0.25) is 0 Å². The second kappa shape index (κ2) is 6.36. The summed E-state index contributed by atoms with van der Waals surface area (Å²) in [6, 6.07) is 7.98. The van der Waals surface area contributed by atoms with E-state index in [-0.39, 0.29) is 23.1 Å². The van der Waals surface area contributed by atoms with Gasteiger partial charge in [-0.3, -0.25) is 14.2 Å². The van der Waals surface area contributed by atoms with Crippen LogP contribution in [0.3, 0.4) is 0 Å². The number of aromatic nitrogens is 1. The molecule has 0 radical (unpaired) electrons. The second-order valence-electron chi connectivity index (χ2n) is 6.90. The van der Waals surface area contributed by atoms with Gasteiger partial charge < -0.3 is 5.32 Å². The molecular weight excluding hydrogens is 312 g/mol. The lowest BCUT2D eigenvalue weighted by atomic mass is 10.1. The molecule has 0 spiro atoms. The first kappa shape index (κ1) is 15.9. The monoisotopic (exact) mass is 334 g/mol. The van der Waals surface area contributed by atoms with Crippen LogP contribution in [0.4, 0.5) is 0 Å². The van der Waals surface area contributed by atoms with Crippen molar-refractivity contribution in [3.8, 4) is 5.69 Å². The summed E-state index contributed by atoms with van der Waals surface area (Å²) < 4.78 is 1.64. The van der Waals surface area contributed by atoms with Gasteiger partial charge in [0.25, 0.3) is 11.5 Å². The Kier molecular flexibility index (Phi) is 4.04. The SMILES string of the molecule is Cc1ccn(-c2cccc3c2CCC3)c(=O)c1C(=O)NC1C=CCC1. The molecule has 1 amide bonds. The number of benzene rings is 1. The molecule has 1 unspecified atom stereocenters. The van der Waals surface area contributed by atoms with Gasteiger partial charge in [-0.15, -0.1) is 0 Å². The van der Waals surface area contributed by atoms with Crippen LogP contribution in [0, 0.1) is 6.92 Å². The van der Waals surface area contributed by atoms with Gasteiger partial charge in [-0.25, -0.2) is 0 Å². The van der Waals surface area contributed by atoms with Gasteiger partial charge in [-0.1, -0.05) is 24.3 Å². The highest BCUT2D eigenvalue weighted by molar-refractivity contribution is 5.95. The summed E-state index contributed by atoms with van der Waals surface area (Å²) in [5.74, 6) is -0.277. The molecule has 0 bridgehead atoms. The van der Waals surface area contributed by atoms with Crippen molar-refractivity contribution in [1.29, 1.82) is 0 Å². The predicted molar refractivity (Wildman–Crippen MR) is 98.4 cm³/mol. The molecule has 2 aliphatic rings. The first-order valence-electron chi connectivity index (χ1n) is 8.96. The van der Waals surface area contributed by atoms with Gasteiger partial charge in [0, 0.05) is 12.2 Å². The summed E-state index contributed by atoms with van der Waals surface area (Å²) in [7, 11) is 0. The summed E-state index contributed by atoms with van der Waals surface area (Å²) in [5.41, 5.74) is 4.19. The van der Waals surface area contributed by atoms with E-state index in [1.165, 1.54) is 11.1 Å². The number of carbonyl (C=O) groups is 1. The maximum Gasteiger partial charge on any atom is 0.268 e. The summed E-state index contributed by atoms with van der Waals surface area (Å²) in [6.45, 7) is 1.82. The van der Waals surface area contributed by atoms with E-state index in [2.05, 4.69) is 17.5 Å². The molecule has 2 aromatic rings. The highest BCUT2D eigenvalue weighted by atomic mass is 16.2. The first-order valence-corrected chi connectivity index (χ1v) is 8.96. The fraction of sp³-hybridized carbons (Fsp3) is 0.333. The number of carbonyl (C=O) groups excluding carboxylic acids is 1. The lowest BCUT2D eigenvalue weighted by Crippen LogP contribution is -2.38. The largest absolute Gasteiger partial charge is 0.346 e. The fourth-order valence-electron chi connectivity index (χ4n) is 3.91. The quantitative estimate of drug-likeness (QED) is 0.877. The average molecular weight is 334 g/mol. The van der Waals surface area contributed by atoms with Crippen molar-refractivity contribution in [2.24, 2.45) is 0 Å². The van der Waals surface area contributed by atoms with Crippen LogP contribution in [0.5, 0.6) is 0 Å². The third-order valence-electron chi connectivity index (χ3n) is 5.24. The topological polar surface area (TPSA) is 51.1 Å². The van der Waals surface area contributed by atoms with E-state index in [0.29, 0.717) is 5.56 Å². The Morgan fingerprint density at radius 2 is 2.12 bits per heavy atom. The molecule has 1 aromatic carbocycles. The molecular formula is C21H22N2O2. The van der Waals surface area contributed by atoms with Crippen LogP contribution in [-0.4, -0.2) is 16.5 Å². The minimum absolute atomic E-state index is 0.0286. The lowest BCUT2D eigenvalue weighted by molar-refractivity contribution is 0.0942. The normalized spacial score (nSPS) is 18.4. The van der Waals surface area contributed by atoms with Crippen LogP contribution < -0.4 is 10.9 Å². The Bertz CT molecular complexity index is 924. The van der Waals surface area contributed by atoms with Gasteiger partial charge in [0.05, 0.1) is 5.69 Å². The number of hydrogen-bond acceptors (Lipinski definition) is 2.